The van der Waals surface area contributed by atoms with E-state index in [2.05, 4.69) is 53.0 Å². The molecule has 5 heteroatoms. The minimum absolute atomic E-state index is 0. The maximum absolute atomic E-state index is 4.82. The van der Waals surface area contributed by atoms with E-state index in [9.17, 15) is 0 Å². The van der Waals surface area contributed by atoms with Crippen LogP contribution in [0, 0.1) is 12.8 Å². The molecular weight excluding hydrogens is 494 g/mol. The summed E-state index contributed by atoms with van der Waals surface area (Å²) in [4.78, 5) is 13.3. The first-order valence-corrected chi connectivity index (χ1v) is 8.36. The smallest absolute Gasteiger partial charge is 0.141 e. The minimum Gasteiger partial charge on any atom is -0.298 e. The molecule has 1 aliphatic rings. The molecule has 0 saturated heterocycles. The summed E-state index contributed by atoms with van der Waals surface area (Å²) < 4.78 is 2.07. The largest absolute Gasteiger partial charge is 0.298 e. The molecular formula is C21H22N4Re. The van der Waals surface area contributed by atoms with E-state index >= 15 is 0 Å². The van der Waals surface area contributed by atoms with E-state index in [1.165, 1.54) is 6.20 Å². The van der Waals surface area contributed by atoms with Gasteiger partial charge in [-0.05, 0) is 43.0 Å². The summed E-state index contributed by atoms with van der Waals surface area (Å²) in [7, 11) is 0. The summed E-state index contributed by atoms with van der Waals surface area (Å²) in [5.74, 6) is 0.349. The molecule has 3 rings (SSSR count). The van der Waals surface area contributed by atoms with E-state index in [1.54, 1.807) is 6.21 Å². The molecule has 1 unspecified atom stereocenters. The van der Waals surface area contributed by atoms with Crippen LogP contribution in [-0.2, 0) is 20.4 Å². The van der Waals surface area contributed by atoms with Crippen molar-refractivity contribution in [1.82, 2.24) is 9.38 Å². The fourth-order valence-corrected chi connectivity index (χ4v) is 2.97. The Labute approximate surface area is 168 Å². The van der Waals surface area contributed by atoms with E-state index < -0.39 is 0 Å². The van der Waals surface area contributed by atoms with Crippen molar-refractivity contribution >= 4 is 29.7 Å². The summed E-state index contributed by atoms with van der Waals surface area (Å²) in [6, 6.07) is 2.12. The van der Waals surface area contributed by atoms with E-state index in [0.717, 1.165) is 33.7 Å². The number of pyridine rings is 1. The Balaban J connectivity index is 0.00000243. The van der Waals surface area contributed by atoms with Crippen molar-refractivity contribution in [3.05, 3.63) is 72.0 Å². The van der Waals surface area contributed by atoms with Gasteiger partial charge in [0.1, 0.15) is 5.65 Å². The van der Waals surface area contributed by atoms with Crippen molar-refractivity contribution in [1.29, 1.82) is 0 Å². The molecule has 0 N–H and O–H groups in total. The number of fused-ring (bicyclic) bond motifs is 1. The third-order valence-electron chi connectivity index (χ3n) is 4.18. The molecule has 2 aromatic heterocycles. The van der Waals surface area contributed by atoms with Crippen molar-refractivity contribution in [2.75, 3.05) is 0 Å². The van der Waals surface area contributed by atoms with Crippen LogP contribution in [0.15, 0.2) is 59.5 Å². The van der Waals surface area contributed by atoms with Crippen molar-refractivity contribution in [2.45, 2.75) is 20.8 Å². The van der Waals surface area contributed by atoms with Crippen LogP contribution in [0.2, 0.25) is 0 Å². The Hall–Kier alpha value is -2.35. The Bertz CT molecular complexity index is 958. The van der Waals surface area contributed by atoms with Gasteiger partial charge in [-0.25, -0.2) is 4.98 Å². The normalized spacial score (nSPS) is 16.9. The monoisotopic (exact) mass is 517 g/mol. The van der Waals surface area contributed by atoms with Gasteiger partial charge >= 0.3 is 0 Å². The van der Waals surface area contributed by atoms with Crippen molar-refractivity contribution in [2.24, 2.45) is 15.9 Å². The van der Waals surface area contributed by atoms with Crippen LogP contribution in [0.3, 0.4) is 0 Å². The zero-order valence-electron chi connectivity index (χ0n) is 15.2. The number of aromatic nitrogens is 2. The van der Waals surface area contributed by atoms with Crippen LogP contribution in [0.25, 0.3) is 17.3 Å². The van der Waals surface area contributed by atoms with Gasteiger partial charge in [-0.1, -0.05) is 31.7 Å². The van der Waals surface area contributed by atoms with Crippen LogP contribution in [-0.4, -0.2) is 21.8 Å². The predicted octanol–water partition coefficient (Wildman–Crippen LogP) is 4.85. The van der Waals surface area contributed by atoms with E-state index in [0.29, 0.717) is 5.92 Å². The molecule has 2 aromatic rings. The van der Waals surface area contributed by atoms with Crippen LogP contribution in [0.4, 0.5) is 0 Å². The SMILES string of the molecule is C=CN=Cc1c(/C=C\C)nc2c(C)c(C3=CC(C)C=CN=C3)ccn12.[Re]. The van der Waals surface area contributed by atoms with Gasteiger partial charge in [0, 0.05) is 50.8 Å². The molecule has 0 aliphatic carbocycles. The molecule has 0 aromatic carbocycles. The Morgan fingerprint density at radius 3 is 2.88 bits per heavy atom. The number of hydrogen-bond acceptors (Lipinski definition) is 3. The van der Waals surface area contributed by atoms with E-state index in [4.69, 9.17) is 4.98 Å². The summed E-state index contributed by atoms with van der Waals surface area (Å²) in [6.07, 6.45) is 17.4. The van der Waals surface area contributed by atoms with Gasteiger partial charge in [0.2, 0.25) is 0 Å². The molecule has 1 aliphatic heterocycles. The zero-order chi connectivity index (χ0) is 17.8. The number of aliphatic imine (C=N–C) groups is 2. The number of imidazole rings is 1. The van der Waals surface area contributed by atoms with E-state index in [-0.39, 0.29) is 20.4 Å². The van der Waals surface area contributed by atoms with Crippen LogP contribution in [0.1, 0.15) is 36.4 Å². The number of aryl methyl sites for hydroxylation is 1. The first-order chi connectivity index (χ1) is 12.2. The molecule has 3 heterocycles. The third kappa shape index (κ3) is 3.90. The third-order valence-corrected chi connectivity index (χ3v) is 4.18. The molecule has 4 nitrogen and oxygen atoms in total. The quantitative estimate of drug-likeness (QED) is 0.536. The van der Waals surface area contributed by atoms with Gasteiger partial charge in [0.05, 0.1) is 17.6 Å². The maximum atomic E-state index is 4.82. The molecule has 1 atom stereocenters. The number of allylic oxidation sites excluding steroid dienone is 4. The van der Waals surface area contributed by atoms with Crippen molar-refractivity contribution < 1.29 is 20.4 Å². The van der Waals surface area contributed by atoms with Gasteiger partial charge in [-0.15, -0.1) is 0 Å². The Kier molecular flexibility index (Phi) is 6.79. The molecule has 1 radical (unpaired) electrons. The minimum atomic E-state index is 0. The molecule has 0 saturated carbocycles. The first-order valence-electron chi connectivity index (χ1n) is 8.36. The van der Waals surface area contributed by atoms with Gasteiger partial charge in [-0.3, -0.25) is 14.4 Å². The van der Waals surface area contributed by atoms with Gasteiger partial charge in [0.15, 0.2) is 0 Å². The average Bonchev–Trinajstić information content (AvgIpc) is 2.80. The van der Waals surface area contributed by atoms with Crippen LogP contribution in [0.5, 0.6) is 0 Å². The summed E-state index contributed by atoms with van der Waals surface area (Å²) >= 11 is 0. The topological polar surface area (TPSA) is 42.0 Å². The fourth-order valence-electron chi connectivity index (χ4n) is 2.97. The molecule has 0 spiro atoms. The van der Waals surface area contributed by atoms with Gasteiger partial charge < -0.3 is 0 Å². The molecule has 0 fully saturated rings. The van der Waals surface area contributed by atoms with Crippen LogP contribution >= 0.6 is 0 Å². The average molecular weight is 517 g/mol. The summed E-state index contributed by atoms with van der Waals surface area (Å²) in [5, 5.41) is 0. The van der Waals surface area contributed by atoms with Crippen LogP contribution < -0.4 is 0 Å². The standard InChI is InChI=1S/C21H22N4.Re/c1-5-7-19-20(14-22-6-2)25-11-9-18(16(4)21(25)24-19)17-12-15(3)8-10-23-13-17;/h5-15H,2H2,1,3-4H3;/b7-5-,22-14?;. The predicted molar refractivity (Wildman–Crippen MR) is 107 cm³/mol. The fraction of sp³-hybridized carbons (Fsp3) is 0.190. The van der Waals surface area contributed by atoms with Gasteiger partial charge in [-0.2, -0.15) is 0 Å². The second-order valence-corrected chi connectivity index (χ2v) is 5.99. The number of hydrogen-bond donors (Lipinski definition) is 0. The molecule has 0 amide bonds. The summed E-state index contributed by atoms with van der Waals surface area (Å²) in [5.41, 5.74) is 6.16. The second-order valence-electron chi connectivity index (χ2n) is 5.99. The first kappa shape index (κ1) is 20.0. The molecule has 133 valence electrons. The van der Waals surface area contributed by atoms with Gasteiger partial charge in [0.25, 0.3) is 0 Å². The second kappa shape index (κ2) is 8.84. The zero-order valence-corrected chi connectivity index (χ0v) is 17.9. The van der Waals surface area contributed by atoms with Crippen molar-refractivity contribution in [3.8, 4) is 0 Å². The van der Waals surface area contributed by atoms with E-state index in [1.807, 2.05) is 37.7 Å². The van der Waals surface area contributed by atoms with Crippen molar-refractivity contribution in [3.63, 3.8) is 0 Å². The number of nitrogens with zero attached hydrogens (tertiary/aromatic N) is 4. The maximum Gasteiger partial charge on any atom is 0.141 e. The Morgan fingerprint density at radius 2 is 2.15 bits per heavy atom. The Morgan fingerprint density at radius 1 is 1.35 bits per heavy atom. The molecule has 26 heavy (non-hydrogen) atoms. The molecule has 0 bridgehead atoms. The number of rotatable bonds is 4. The summed E-state index contributed by atoms with van der Waals surface area (Å²) in [6.45, 7) is 9.89.